The molecule has 0 aliphatic rings. The highest BCUT2D eigenvalue weighted by atomic mass is 14.7. The summed E-state index contributed by atoms with van der Waals surface area (Å²) in [5, 5.41) is 0. The largest absolute Gasteiger partial charge is 0.318 e. The van der Waals surface area contributed by atoms with Gasteiger partial charge in [0.25, 0.3) is 0 Å². The van der Waals surface area contributed by atoms with Crippen molar-refractivity contribution in [3.63, 3.8) is 0 Å². The number of unbranched alkanes of at least 4 members (excludes halogenated alkanes) is 1. The van der Waals surface area contributed by atoms with Crippen LogP contribution in [0.1, 0.15) is 35.1 Å². The summed E-state index contributed by atoms with van der Waals surface area (Å²) in [5.74, 6) is 0. The molecular formula is C32H36B2N2. The first-order valence-electron chi connectivity index (χ1n) is 13.1. The maximum Gasteiger partial charge on any atom is 0.112 e. The van der Waals surface area contributed by atoms with Gasteiger partial charge in [0.05, 0.1) is 11.1 Å². The SMILES string of the molecule is NC(C[B]CCCC[B]CC(N)(c1ccccc1)c1ccccc1)(c1ccccc1)c1ccccc1. The van der Waals surface area contributed by atoms with E-state index in [0.29, 0.717) is 0 Å². The Hall–Kier alpha value is -3.07. The van der Waals surface area contributed by atoms with Crippen molar-refractivity contribution < 1.29 is 0 Å². The molecule has 2 nitrogen and oxygen atoms in total. The van der Waals surface area contributed by atoms with Crippen molar-refractivity contribution in [1.29, 1.82) is 0 Å². The van der Waals surface area contributed by atoms with Gasteiger partial charge >= 0.3 is 0 Å². The molecule has 0 spiro atoms. The van der Waals surface area contributed by atoms with E-state index < -0.39 is 11.1 Å². The molecule has 0 fully saturated rings. The molecule has 4 aromatic carbocycles. The van der Waals surface area contributed by atoms with E-state index in [4.69, 9.17) is 11.5 Å². The third kappa shape index (κ3) is 6.37. The van der Waals surface area contributed by atoms with Crippen LogP contribution >= 0.6 is 0 Å². The zero-order valence-corrected chi connectivity index (χ0v) is 21.1. The van der Waals surface area contributed by atoms with Gasteiger partial charge < -0.3 is 11.5 Å². The minimum Gasteiger partial charge on any atom is -0.318 e. The number of hydrogen-bond acceptors (Lipinski definition) is 2. The van der Waals surface area contributed by atoms with Crippen molar-refractivity contribution in [3.05, 3.63) is 144 Å². The van der Waals surface area contributed by atoms with Gasteiger partial charge in [0.15, 0.2) is 0 Å². The average molecular weight is 470 g/mol. The first kappa shape index (κ1) is 26.0. The molecule has 0 saturated carbocycles. The maximum absolute atomic E-state index is 7.01. The van der Waals surface area contributed by atoms with E-state index in [0.717, 1.165) is 60.4 Å². The molecule has 4 heteroatoms. The Balaban J connectivity index is 1.27. The Bertz CT molecular complexity index is 978. The van der Waals surface area contributed by atoms with E-state index in [1.807, 2.05) is 24.3 Å². The maximum atomic E-state index is 7.01. The number of benzene rings is 4. The van der Waals surface area contributed by atoms with Gasteiger partial charge in [-0.1, -0.05) is 159 Å². The molecule has 0 aliphatic carbocycles. The Kier molecular flexibility index (Phi) is 9.22. The molecule has 0 atom stereocenters. The van der Waals surface area contributed by atoms with Crippen LogP contribution in [0.15, 0.2) is 121 Å². The van der Waals surface area contributed by atoms with Gasteiger partial charge in [-0.2, -0.15) is 0 Å². The van der Waals surface area contributed by atoms with E-state index in [9.17, 15) is 0 Å². The fourth-order valence-electron chi connectivity index (χ4n) is 4.98. The fraction of sp³-hybridized carbons (Fsp3) is 0.250. The summed E-state index contributed by atoms with van der Waals surface area (Å²) in [6.07, 6.45) is 6.03. The summed E-state index contributed by atoms with van der Waals surface area (Å²) in [6, 6.07) is 41.8. The summed E-state index contributed by atoms with van der Waals surface area (Å²) in [7, 11) is 4.72. The van der Waals surface area contributed by atoms with Gasteiger partial charge in [-0.05, 0) is 22.3 Å². The molecule has 0 amide bonds. The third-order valence-corrected chi connectivity index (χ3v) is 7.15. The molecule has 0 aromatic heterocycles. The van der Waals surface area contributed by atoms with Crippen molar-refractivity contribution in [2.24, 2.45) is 11.5 Å². The number of rotatable bonds is 13. The van der Waals surface area contributed by atoms with E-state index in [1.165, 1.54) is 0 Å². The van der Waals surface area contributed by atoms with Crippen LogP contribution in [0.25, 0.3) is 0 Å². The topological polar surface area (TPSA) is 52.0 Å². The number of hydrogen-bond donors (Lipinski definition) is 2. The van der Waals surface area contributed by atoms with Gasteiger partial charge in [-0.15, -0.1) is 0 Å². The van der Waals surface area contributed by atoms with Crippen molar-refractivity contribution in [3.8, 4) is 0 Å². The second-order valence-electron chi connectivity index (χ2n) is 9.68. The quantitative estimate of drug-likeness (QED) is 0.170. The Morgan fingerprint density at radius 3 is 0.917 bits per heavy atom. The van der Waals surface area contributed by atoms with Crippen molar-refractivity contribution >= 4 is 14.6 Å². The first-order chi connectivity index (χ1) is 17.6. The lowest BCUT2D eigenvalue weighted by Gasteiger charge is -2.31. The zero-order chi connectivity index (χ0) is 25.1. The van der Waals surface area contributed by atoms with E-state index in [1.54, 1.807) is 0 Å². The number of nitrogens with two attached hydrogens (primary N) is 2. The summed E-state index contributed by atoms with van der Waals surface area (Å²) in [6.45, 7) is 0. The Labute approximate surface area is 218 Å². The molecular weight excluding hydrogens is 434 g/mol. The predicted molar refractivity (Wildman–Crippen MR) is 156 cm³/mol. The van der Waals surface area contributed by atoms with Crippen molar-refractivity contribution in [2.75, 3.05) is 0 Å². The predicted octanol–water partition coefficient (Wildman–Crippen LogP) is 6.65. The van der Waals surface area contributed by atoms with Crippen LogP contribution in [0.5, 0.6) is 0 Å². The van der Waals surface area contributed by atoms with Crippen LogP contribution in [0, 0.1) is 0 Å². The van der Waals surface area contributed by atoms with Crippen molar-refractivity contribution in [1.82, 2.24) is 0 Å². The summed E-state index contributed by atoms with van der Waals surface area (Å²) < 4.78 is 0. The second kappa shape index (κ2) is 12.8. The fourth-order valence-corrected chi connectivity index (χ4v) is 4.98. The molecule has 36 heavy (non-hydrogen) atoms. The molecule has 0 saturated heterocycles. The average Bonchev–Trinajstić information content (AvgIpc) is 2.96. The van der Waals surface area contributed by atoms with Gasteiger partial charge in [-0.3, -0.25) is 0 Å². The Morgan fingerprint density at radius 1 is 0.417 bits per heavy atom. The molecule has 0 aliphatic heterocycles. The minimum absolute atomic E-state index is 0.501. The lowest BCUT2D eigenvalue weighted by Crippen LogP contribution is -2.39. The molecule has 0 heterocycles. The van der Waals surface area contributed by atoms with Crippen LogP contribution in [-0.4, -0.2) is 14.6 Å². The molecule has 180 valence electrons. The van der Waals surface area contributed by atoms with Crippen LogP contribution < -0.4 is 11.5 Å². The summed E-state index contributed by atoms with van der Waals surface area (Å²) in [4.78, 5) is 0. The minimum atomic E-state index is -0.501. The highest BCUT2D eigenvalue weighted by Gasteiger charge is 2.30. The summed E-state index contributed by atoms with van der Waals surface area (Å²) in [5.41, 5.74) is 17.6. The lowest BCUT2D eigenvalue weighted by atomic mass is 9.58. The smallest absolute Gasteiger partial charge is 0.112 e. The highest BCUT2D eigenvalue weighted by Crippen LogP contribution is 2.32. The second-order valence-corrected chi connectivity index (χ2v) is 9.68. The van der Waals surface area contributed by atoms with Crippen LogP contribution in [0.4, 0.5) is 0 Å². The van der Waals surface area contributed by atoms with Gasteiger partial charge in [0.1, 0.15) is 14.6 Å². The highest BCUT2D eigenvalue weighted by molar-refractivity contribution is 6.36. The first-order valence-corrected chi connectivity index (χ1v) is 13.1. The van der Waals surface area contributed by atoms with Gasteiger partial charge in [-0.25, -0.2) is 0 Å². The lowest BCUT2D eigenvalue weighted by molar-refractivity contribution is 0.596. The molecule has 4 rings (SSSR count). The normalized spacial score (nSPS) is 11.7. The molecule has 4 N–H and O–H groups in total. The Morgan fingerprint density at radius 2 is 0.667 bits per heavy atom. The van der Waals surface area contributed by atoms with Gasteiger partial charge in [0.2, 0.25) is 0 Å². The van der Waals surface area contributed by atoms with E-state index in [2.05, 4.69) is 112 Å². The monoisotopic (exact) mass is 470 g/mol. The van der Waals surface area contributed by atoms with Crippen LogP contribution in [0.2, 0.25) is 25.3 Å². The zero-order valence-electron chi connectivity index (χ0n) is 21.1. The van der Waals surface area contributed by atoms with E-state index >= 15 is 0 Å². The molecule has 0 unspecified atom stereocenters. The summed E-state index contributed by atoms with van der Waals surface area (Å²) >= 11 is 0. The van der Waals surface area contributed by atoms with Crippen LogP contribution in [-0.2, 0) is 11.1 Å². The molecule has 2 radical (unpaired) electrons. The molecule has 0 bridgehead atoms. The van der Waals surface area contributed by atoms with Crippen LogP contribution in [0.3, 0.4) is 0 Å². The van der Waals surface area contributed by atoms with Gasteiger partial charge in [0, 0.05) is 0 Å². The molecule has 4 aromatic rings. The third-order valence-electron chi connectivity index (χ3n) is 7.15. The van der Waals surface area contributed by atoms with Crippen molar-refractivity contribution in [2.45, 2.75) is 49.2 Å². The van der Waals surface area contributed by atoms with E-state index in [-0.39, 0.29) is 0 Å². The standard InChI is InChI=1S/C32H36B2N2/c35-31(27-15-5-1-6-16-27,28-17-7-2-8-18-28)25-33-23-13-14-24-34-26-32(36,29-19-9-3-10-20-29)30-21-11-4-12-22-30/h1-12,15-22H,13-14,23-26,35-36H2.